The molecule has 2 rings (SSSR count). The molecule has 1 aromatic carbocycles. The molecule has 1 N–H and O–H groups in total. The molecule has 5 nitrogen and oxygen atoms in total. The van der Waals surface area contributed by atoms with Crippen LogP contribution in [0, 0.1) is 5.92 Å². The molecular weight excluding hydrogens is 324 g/mol. The molecule has 0 aromatic heterocycles. The van der Waals surface area contributed by atoms with Gasteiger partial charge in [0.25, 0.3) is 0 Å². The lowest BCUT2D eigenvalue weighted by molar-refractivity contribution is -0.128. The molecule has 0 aliphatic carbocycles. The number of carbonyl (C=O) groups is 1. The Hall–Kier alpha value is -1.40. The fourth-order valence-corrected chi connectivity index (χ4v) is 4.30. The van der Waals surface area contributed by atoms with Crippen LogP contribution in [0.15, 0.2) is 30.3 Å². The molecule has 0 saturated carbocycles. The quantitative estimate of drug-likeness (QED) is 0.853. The topological polar surface area (TPSA) is 66.5 Å². The van der Waals surface area contributed by atoms with Gasteiger partial charge in [-0.2, -0.15) is 0 Å². The van der Waals surface area contributed by atoms with Gasteiger partial charge in [-0.3, -0.25) is 4.79 Å². The predicted octanol–water partition coefficient (Wildman–Crippen LogP) is 2.14. The average molecular weight is 353 g/mol. The molecule has 6 heteroatoms. The molecule has 1 saturated heterocycles. The van der Waals surface area contributed by atoms with Gasteiger partial charge in [0.05, 0.1) is 11.2 Å². The van der Waals surface area contributed by atoms with E-state index in [1.165, 1.54) is 4.31 Å². The highest BCUT2D eigenvalue weighted by Crippen LogP contribution is 2.36. The molecule has 0 radical (unpaired) electrons. The summed E-state index contributed by atoms with van der Waals surface area (Å²) in [6, 6.07) is 9.74. The highest BCUT2D eigenvalue weighted by atomic mass is 32.2. The summed E-state index contributed by atoms with van der Waals surface area (Å²) >= 11 is 0. The third-order valence-corrected chi connectivity index (χ3v) is 6.65. The highest BCUT2D eigenvalue weighted by Gasteiger charge is 2.44. The van der Waals surface area contributed by atoms with E-state index in [0.29, 0.717) is 38.4 Å². The first-order valence-electron chi connectivity index (χ1n) is 8.63. The van der Waals surface area contributed by atoms with Gasteiger partial charge in [-0.15, -0.1) is 0 Å². The van der Waals surface area contributed by atoms with Gasteiger partial charge >= 0.3 is 0 Å². The SMILES string of the molecule is CCS(=O)(=O)N1CCC(C(=O)NCC(C)C)(c2ccccc2)CC1. The molecular formula is C18H28N2O3S. The van der Waals surface area contributed by atoms with Crippen LogP contribution in [0.1, 0.15) is 39.2 Å². The second-order valence-electron chi connectivity index (χ2n) is 6.85. The van der Waals surface area contributed by atoms with Crippen molar-refractivity contribution < 1.29 is 13.2 Å². The number of nitrogens with zero attached hydrogens (tertiary/aromatic N) is 1. The molecule has 1 heterocycles. The Balaban J connectivity index is 2.25. The van der Waals surface area contributed by atoms with Crippen LogP contribution in [0.2, 0.25) is 0 Å². The number of piperidine rings is 1. The maximum Gasteiger partial charge on any atom is 0.230 e. The average Bonchev–Trinajstić information content (AvgIpc) is 2.60. The number of rotatable bonds is 6. The second-order valence-corrected chi connectivity index (χ2v) is 9.11. The summed E-state index contributed by atoms with van der Waals surface area (Å²) in [7, 11) is -3.20. The summed E-state index contributed by atoms with van der Waals surface area (Å²) in [5.41, 5.74) is 0.329. The first kappa shape index (κ1) is 18.9. The van der Waals surface area contributed by atoms with Crippen molar-refractivity contribution in [2.45, 2.75) is 39.0 Å². The van der Waals surface area contributed by atoms with Gasteiger partial charge in [0.15, 0.2) is 0 Å². The van der Waals surface area contributed by atoms with E-state index in [1.807, 2.05) is 30.3 Å². The monoisotopic (exact) mass is 352 g/mol. The molecule has 0 atom stereocenters. The summed E-state index contributed by atoms with van der Waals surface area (Å²) in [5, 5.41) is 3.05. The van der Waals surface area contributed by atoms with Crippen LogP contribution < -0.4 is 5.32 Å². The van der Waals surface area contributed by atoms with Crippen molar-refractivity contribution in [3.63, 3.8) is 0 Å². The molecule has 134 valence electrons. The summed E-state index contributed by atoms with van der Waals surface area (Å²) in [4.78, 5) is 13.0. The van der Waals surface area contributed by atoms with Crippen molar-refractivity contribution in [1.29, 1.82) is 0 Å². The van der Waals surface area contributed by atoms with Crippen LogP contribution in [-0.2, 0) is 20.2 Å². The van der Waals surface area contributed by atoms with E-state index in [0.717, 1.165) is 5.56 Å². The Kier molecular flexibility index (Phi) is 6.04. The number of sulfonamides is 1. The van der Waals surface area contributed by atoms with E-state index < -0.39 is 15.4 Å². The fraction of sp³-hybridized carbons (Fsp3) is 0.611. The molecule has 1 amide bonds. The van der Waals surface area contributed by atoms with Crippen molar-refractivity contribution >= 4 is 15.9 Å². The molecule has 1 aliphatic heterocycles. The molecule has 0 bridgehead atoms. The van der Waals surface area contributed by atoms with Crippen molar-refractivity contribution in [3.05, 3.63) is 35.9 Å². The van der Waals surface area contributed by atoms with Crippen molar-refractivity contribution in [3.8, 4) is 0 Å². The van der Waals surface area contributed by atoms with Gasteiger partial charge in [-0.1, -0.05) is 44.2 Å². The number of amides is 1. The molecule has 1 aliphatic rings. The van der Waals surface area contributed by atoms with Gasteiger partial charge < -0.3 is 5.32 Å². The zero-order valence-electron chi connectivity index (χ0n) is 14.8. The summed E-state index contributed by atoms with van der Waals surface area (Å²) in [6.45, 7) is 7.19. The number of benzene rings is 1. The lowest BCUT2D eigenvalue weighted by Crippen LogP contribution is -2.53. The maximum atomic E-state index is 13.0. The zero-order chi connectivity index (χ0) is 17.8. The van der Waals surface area contributed by atoms with Gasteiger partial charge in [0.1, 0.15) is 0 Å². The normalized spacial score (nSPS) is 18.5. The largest absolute Gasteiger partial charge is 0.355 e. The predicted molar refractivity (Wildman–Crippen MR) is 96.2 cm³/mol. The van der Waals surface area contributed by atoms with E-state index in [1.54, 1.807) is 6.92 Å². The van der Waals surface area contributed by atoms with Crippen LogP contribution >= 0.6 is 0 Å². The third-order valence-electron chi connectivity index (χ3n) is 4.77. The fourth-order valence-electron chi connectivity index (χ4n) is 3.20. The highest BCUT2D eigenvalue weighted by molar-refractivity contribution is 7.89. The zero-order valence-corrected chi connectivity index (χ0v) is 15.6. The Morgan fingerprint density at radius 2 is 1.79 bits per heavy atom. The number of nitrogens with one attached hydrogen (secondary N) is 1. The Morgan fingerprint density at radius 3 is 2.29 bits per heavy atom. The van der Waals surface area contributed by atoms with E-state index in [-0.39, 0.29) is 11.7 Å². The molecule has 24 heavy (non-hydrogen) atoms. The molecule has 0 unspecified atom stereocenters. The Morgan fingerprint density at radius 1 is 1.21 bits per heavy atom. The number of hydrogen-bond acceptors (Lipinski definition) is 3. The Labute approximate surface area is 145 Å². The minimum Gasteiger partial charge on any atom is -0.355 e. The first-order valence-corrected chi connectivity index (χ1v) is 10.2. The first-order chi connectivity index (χ1) is 11.3. The Bertz CT molecular complexity index is 648. The van der Waals surface area contributed by atoms with Crippen LogP contribution in [0.3, 0.4) is 0 Å². The second kappa shape index (κ2) is 7.66. The number of hydrogen-bond donors (Lipinski definition) is 1. The number of carbonyl (C=O) groups excluding carboxylic acids is 1. The third kappa shape index (κ3) is 3.98. The maximum absolute atomic E-state index is 13.0. The van der Waals surface area contributed by atoms with Crippen molar-refractivity contribution in [2.24, 2.45) is 5.92 Å². The lowest BCUT2D eigenvalue weighted by Gasteiger charge is -2.40. The van der Waals surface area contributed by atoms with Crippen molar-refractivity contribution in [1.82, 2.24) is 9.62 Å². The van der Waals surface area contributed by atoms with Gasteiger partial charge in [-0.05, 0) is 31.2 Å². The van der Waals surface area contributed by atoms with Gasteiger partial charge in [0.2, 0.25) is 15.9 Å². The molecule has 0 spiro atoms. The standard InChI is InChI=1S/C18H28N2O3S/c1-4-24(22,23)20-12-10-18(11-13-20,16-8-6-5-7-9-16)17(21)19-14-15(2)3/h5-9,15H,4,10-14H2,1-3H3,(H,19,21). The van der Waals surface area contributed by atoms with Crippen LogP contribution in [-0.4, -0.2) is 44.0 Å². The van der Waals surface area contributed by atoms with Gasteiger partial charge in [-0.25, -0.2) is 12.7 Å². The van der Waals surface area contributed by atoms with E-state index in [4.69, 9.17) is 0 Å². The minimum atomic E-state index is -3.20. The lowest BCUT2D eigenvalue weighted by atomic mass is 9.72. The van der Waals surface area contributed by atoms with Crippen molar-refractivity contribution in [2.75, 3.05) is 25.4 Å². The summed E-state index contributed by atoms with van der Waals surface area (Å²) < 4.78 is 25.7. The van der Waals surface area contributed by atoms with Gasteiger partial charge in [0, 0.05) is 19.6 Å². The summed E-state index contributed by atoms with van der Waals surface area (Å²) in [5.74, 6) is 0.489. The van der Waals surface area contributed by atoms with Crippen LogP contribution in [0.4, 0.5) is 0 Å². The van der Waals surface area contributed by atoms with E-state index in [2.05, 4.69) is 19.2 Å². The van der Waals surface area contributed by atoms with E-state index in [9.17, 15) is 13.2 Å². The van der Waals surface area contributed by atoms with E-state index >= 15 is 0 Å². The summed E-state index contributed by atoms with van der Waals surface area (Å²) in [6.07, 6.45) is 1.03. The van der Waals surface area contributed by atoms with Crippen LogP contribution in [0.5, 0.6) is 0 Å². The molecule has 1 fully saturated rings. The molecule has 1 aromatic rings. The van der Waals surface area contributed by atoms with Crippen LogP contribution in [0.25, 0.3) is 0 Å². The smallest absolute Gasteiger partial charge is 0.230 e. The minimum absolute atomic E-state index is 0.0101.